The molecule has 0 aliphatic carbocycles. The third-order valence-corrected chi connectivity index (χ3v) is 2.22. The van der Waals surface area contributed by atoms with Crippen LogP contribution in [0.25, 0.3) is 0 Å². The van der Waals surface area contributed by atoms with Gasteiger partial charge in [0.1, 0.15) is 6.54 Å². The molecule has 7 nitrogen and oxygen atoms in total. The van der Waals surface area contributed by atoms with E-state index in [0.717, 1.165) is 18.5 Å². The van der Waals surface area contributed by atoms with Gasteiger partial charge in [-0.05, 0) is 13.5 Å². The molecule has 92 valence electrons. The van der Waals surface area contributed by atoms with Crippen molar-refractivity contribution in [3.63, 3.8) is 0 Å². The molecule has 2 aromatic rings. The molecule has 2 heterocycles. The molecule has 0 aromatic carbocycles. The first kappa shape index (κ1) is 11.7. The van der Waals surface area contributed by atoms with Gasteiger partial charge in [-0.2, -0.15) is 4.98 Å². The van der Waals surface area contributed by atoms with Crippen LogP contribution < -0.4 is 5.32 Å². The molecule has 0 fully saturated rings. The molecule has 0 radical (unpaired) electrons. The molecule has 2 aromatic heterocycles. The van der Waals surface area contributed by atoms with Gasteiger partial charge in [-0.3, -0.25) is 0 Å². The van der Waals surface area contributed by atoms with Crippen molar-refractivity contribution < 1.29 is 4.52 Å². The fourth-order valence-electron chi connectivity index (χ4n) is 1.49. The maximum absolute atomic E-state index is 5.10. The van der Waals surface area contributed by atoms with Crippen LogP contribution in [0.2, 0.25) is 0 Å². The first-order valence-corrected chi connectivity index (χ1v) is 5.67. The summed E-state index contributed by atoms with van der Waals surface area (Å²) in [5.74, 6) is 1.31. The predicted molar refractivity (Wildman–Crippen MR) is 60.2 cm³/mol. The lowest BCUT2D eigenvalue weighted by molar-refractivity contribution is 0.370. The van der Waals surface area contributed by atoms with Crippen LogP contribution in [0.15, 0.2) is 10.7 Å². The third kappa shape index (κ3) is 3.10. The van der Waals surface area contributed by atoms with Crippen molar-refractivity contribution in [2.24, 2.45) is 0 Å². The van der Waals surface area contributed by atoms with Gasteiger partial charge in [-0.25, -0.2) is 4.68 Å². The zero-order valence-corrected chi connectivity index (χ0v) is 10.1. The number of nitrogens with one attached hydrogen (secondary N) is 1. The maximum Gasteiger partial charge on any atom is 0.226 e. The number of aryl methyl sites for hydroxylation is 1. The highest BCUT2D eigenvalue weighted by molar-refractivity contribution is 4.94. The second-order valence-corrected chi connectivity index (χ2v) is 3.79. The lowest BCUT2D eigenvalue weighted by Gasteiger charge is -1.92. The second-order valence-electron chi connectivity index (χ2n) is 3.79. The Morgan fingerprint density at radius 2 is 2.35 bits per heavy atom. The Balaban J connectivity index is 1.98. The van der Waals surface area contributed by atoms with Gasteiger partial charge in [0, 0.05) is 13.0 Å². The molecule has 0 spiro atoms. The molecule has 0 atom stereocenters. The molecule has 0 unspecified atom stereocenters. The van der Waals surface area contributed by atoms with E-state index in [1.807, 2.05) is 13.2 Å². The number of hydrogen-bond donors (Lipinski definition) is 1. The molecule has 0 amide bonds. The molecule has 0 saturated carbocycles. The van der Waals surface area contributed by atoms with Crippen molar-refractivity contribution >= 4 is 0 Å². The van der Waals surface area contributed by atoms with E-state index in [1.165, 1.54) is 0 Å². The molecule has 0 aliphatic heterocycles. The lowest BCUT2D eigenvalue weighted by Crippen LogP contribution is -2.05. The SMILES string of the molecule is CCCc1nc(Cn2cc(CNC)nn2)no1. The zero-order valence-electron chi connectivity index (χ0n) is 10.1. The molecular formula is C10H16N6O. The van der Waals surface area contributed by atoms with E-state index in [9.17, 15) is 0 Å². The largest absolute Gasteiger partial charge is 0.339 e. The maximum atomic E-state index is 5.10. The summed E-state index contributed by atoms with van der Waals surface area (Å²) in [5, 5.41) is 14.9. The highest BCUT2D eigenvalue weighted by Crippen LogP contribution is 2.02. The van der Waals surface area contributed by atoms with Crippen LogP contribution >= 0.6 is 0 Å². The minimum atomic E-state index is 0.490. The minimum Gasteiger partial charge on any atom is -0.339 e. The van der Waals surface area contributed by atoms with Crippen LogP contribution in [-0.4, -0.2) is 32.2 Å². The highest BCUT2D eigenvalue weighted by atomic mass is 16.5. The van der Waals surface area contributed by atoms with Crippen molar-refractivity contribution in [2.75, 3.05) is 7.05 Å². The lowest BCUT2D eigenvalue weighted by atomic mass is 10.3. The summed E-state index contributed by atoms with van der Waals surface area (Å²) in [7, 11) is 1.87. The highest BCUT2D eigenvalue weighted by Gasteiger charge is 2.07. The van der Waals surface area contributed by atoms with Gasteiger partial charge < -0.3 is 9.84 Å². The number of nitrogens with zero attached hydrogens (tertiary/aromatic N) is 5. The third-order valence-electron chi connectivity index (χ3n) is 2.22. The Kier molecular flexibility index (Phi) is 3.81. The number of aromatic nitrogens is 5. The van der Waals surface area contributed by atoms with Crippen LogP contribution in [0.1, 0.15) is 30.8 Å². The molecular weight excluding hydrogens is 220 g/mol. The van der Waals surface area contributed by atoms with E-state index < -0.39 is 0 Å². The van der Waals surface area contributed by atoms with Gasteiger partial charge in [0.15, 0.2) is 5.82 Å². The van der Waals surface area contributed by atoms with Crippen molar-refractivity contribution in [3.8, 4) is 0 Å². The Bertz CT molecular complexity index is 421. The summed E-state index contributed by atoms with van der Waals surface area (Å²) >= 11 is 0. The molecule has 1 N–H and O–H groups in total. The number of hydrogen-bond acceptors (Lipinski definition) is 6. The summed E-state index contributed by atoms with van der Waals surface area (Å²) in [4.78, 5) is 4.27. The van der Waals surface area contributed by atoms with Crippen molar-refractivity contribution in [2.45, 2.75) is 32.9 Å². The Labute approximate surface area is 99.2 Å². The Morgan fingerprint density at radius 3 is 3.12 bits per heavy atom. The van der Waals surface area contributed by atoms with Gasteiger partial charge in [0.2, 0.25) is 5.89 Å². The smallest absolute Gasteiger partial charge is 0.226 e. The summed E-state index contributed by atoms with van der Waals surface area (Å²) in [5.41, 5.74) is 0.893. The minimum absolute atomic E-state index is 0.490. The van der Waals surface area contributed by atoms with Crippen LogP contribution in [0.3, 0.4) is 0 Å². The van der Waals surface area contributed by atoms with E-state index >= 15 is 0 Å². The van der Waals surface area contributed by atoms with Gasteiger partial charge in [0.05, 0.1) is 11.9 Å². The summed E-state index contributed by atoms with van der Waals surface area (Å²) in [6.07, 6.45) is 3.68. The van der Waals surface area contributed by atoms with E-state index in [0.29, 0.717) is 24.8 Å². The molecule has 7 heteroatoms. The topological polar surface area (TPSA) is 81.7 Å². The summed E-state index contributed by atoms with van der Waals surface area (Å²) in [6, 6.07) is 0. The van der Waals surface area contributed by atoms with Crippen LogP contribution in [0.4, 0.5) is 0 Å². The normalized spacial score (nSPS) is 10.9. The molecule has 0 saturated heterocycles. The Morgan fingerprint density at radius 1 is 1.47 bits per heavy atom. The molecule has 0 aliphatic rings. The first-order valence-electron chi connectivity index (χ1n) is 5.67. The van der Waals surface area contributed by atoms with Gasteiger partial charge >= 0.3 is 0 Å². The number of rotatable bonds is 6. The van der Waals surface area contributed by atoms with Crippen molar-refractivity contribution in [1.29, 1.82) is 0 Å². The summed E-state index contributed by atoms with van der Waals surface area (Å²) in [6.45, 7) is 3.27. The van der Waals surface area contributed by atoms with E-state index in [1.54, 1.807) is 4.68 Å². The second kappa shape index (κ2) is 5.53. The first-order chi connectivity index (χ1) is 8.31. The fraction of sp³-hybridized carbons (Fsp3) is 0.600. The van der Waals surface area contributed by atoms with Crippen LogP contribution in [0.5, 0.6) is 0 Å². The van der Waals surface area contributed by atoms with Gasteiger partial charge in [-0.1, -0.05) is 17.3 Å². The molecule has 2 rings (SSSR count). The average molecular weight is 236 g/mol. The zero-order chi connectivity index (χ0) is 12.1. The molecule has 0 bridgehead atoms. The van der Waals surface area contributed by atoms with Crippen LogP contribution in [-0.2, 0) is 19.5 Å². The van der Waals surface area contributed by atoms with Crippen LogP contribution in [0, 0.1) is 0 Å². The monoisotopic (exact) mass is 236 g/mol. The molecule has 17 heavy (non-hydrogen) atoms. The van der Waals surface area contributed by atoms with Gasteiger partial charge in [0.25, 0.3) is 0 Å². The standard InChI is InChI=1S/C10H16N6O/c1-3-4-10-12-9(14-17-10)7-16-6-8(5-11-2)13-15-16/h6,11H,3-5,7H2,1-2H3. The van der Waals surface area contributed by atoms with Crippen molar-refractivity contribution in [3.05, 3.63) is 23.6 Å². The Hall–Kier alpha value is -1.76. The van der Waals surface area contributed by atoms with Crippen molar-refractivity contribution in [1.82, 2.24) is 30.5 Å². The quantitative estimate of drug-likeness (QED) is 0.781. The fourth-order valence-corrected chi connectivity index (χ4v) is 1.49. The summed E-state index contributed by atoms with van der Waals surface area (Å²) < 4.78 is 6.80. The van der Waals surface area contributed by atoms with E-state index in [2.05, 4.69) is 32.7 Å². The van der Waals surface area contributed by atoms with Gasteiger partial charge in [-0.15, -0.1) is 5.10 Å². The average Bonchev–Trinajstić information content (AvgIpc) is 2.91. The predicted octanol–water partition coefficient (Wildman–Crippen LogP) is 0.381. The van der Waals surface area contributed by atoms with E-state index in [-0.39, 0.29) is 0 Å². The van der Waals surface area contributed by atoms with E-state index in [4.69, 9.17) is 4.52 Å².